The Morgan fingerprint density at radius 2 is 2.19 bits per heavy atom. The number of aliphatic hydroxyl groups excluding tert-OH is 1. The van der Waals surface area contributed by atoms with Crippen LogP contribution in [0, 0.1) is 13.8 Å². The average Bonchev–Trinajstić information content (AvgIpc) is 2.33. The van der Waals surface area contributed by atoms with E-state index in [0.717, 1.165) is 13.1 Å². The highest BCUT2D eigenvalue weighted by Gasteiger charge is 2.19. The lowest BCUT2D eigenvalue weighted by Crippen LogP contribution is -2.44. The largest absolute Gasteiger partial charge is 0.394 e. The van der Waals surface area contributed by atoms with E-state index in [1.165, 1.54) is 16.8 Å². The summed E-state index contributed by atoms with van der Waals surface area (Å²) in [4.78, 5) is 2.27. The maximum atomic E-state index is 9.10. The van der Waals surface area contributed by atoms with Crippen molar-refractivity contribution in [1.82, 2.24) is 0 Å². The van der Waals surface area contributed by atoms with Crippen LogP contribution in [0.3, 0.4) is 0 Å². The van der Waals surface area contributed by atoms with Crippen LogP contribution in [0.2, 0.25) is 0 Å². The minimum Gasteiger partial charge on any atom is -0.394 e. The topological polar surface area (TPSA) is 32.7 Å². The Morgan fingerprint density at radius 3 is 2.88 bits per heavy atom. The highest BCUT2D eigenvalue weighted by Crippen LogP contribution is 2.20. The number of hydrogen-bond donors (Lipinski definition) is 1. The second-order valence-corrected chi connectivity index (χ2v) is 4.39. The van der Waals surface area contributed by atoms with E-state index in [2.05, 4.69) is 36.9 Å². The van der Waals surface area contributed by atoms with Crippen molar-refractivity contribution in [3.8, 4) is 0 Å². The zero-order valence-electron chi connectivity index (χ0n) is 9.94. The highest BCUT2D eigenvalue weighted by atomic mass is 16.5. The van der Waals surface area contributed by atoms with E-state index in [1.807, 2.05) is 0 Å². The van der Waals surface area contributed by atoms with Crippen molar-refractivity contribution in [2.45, 2.75) is 20.0 Å². The summed E-state index contributed by atoms with van der Waals surface area (Å²) in [5.74, 6) is 0. The van der Waals surface area contributed by atoms with Crippen LogP contribution in [0.1, 0.15) is 11.1 Å². The summed E-state index contributed by atoms with van der Waals surface area (Å²) in [5, 5.41) is 9.10. The summed E-state index contributed by atoms with van der Waals surface area (Å²) < 4.78 is 5.44. The molecule has 88 valence electrons. The molecule has 3 heteroatoms. The van der Waals surface area contributed by atoms with Gasteiger partial charge >= 0.3 is 0 Å². The Morgan fingerprint density at radius 1 is 1.38 bits per heavy atom. The number of nitrogens with zero attached hydrogens (tertiary/aromatic N) is 1. The molecule has 3 nitrogen and oxygen atoms in total. The Labute approximate surface area is 96.6 Å². The van der Waals surface area contributed by atoms with Gasteiger partial charge in [-0.2, -0.15) is 0 Å². The number of ether oxygens (including phenoxy) is 1. The van der Waals surface area contributed by atoms with Crippen LogP contribution in [-0.4, -0.2) is 37.5 Å². The van der Waals surface area contributed by atoms with E-state index >= 15 is 0 Å². The fourth-order valence-corrected chi connectivity index (χ4v) is 1.99. The van der Waals surface area contributed by atoms with Crippen LogP contribution in [0.15, 0.2) is 18.2 Å². The molecule has 1 heterocycles. The smallest absolute Gasteiger partial charge is 0.0980 e. The van der Waals surface area contributed by atoms with E-state index in [9.17, 15) is 0 Å². The summed E-state index contributed by atoms with van der Waals surface area (Å²) >= 11 is 0. The second kappa shape index (κ2) is 4.85. The molecule has 16 heavy (non-hydrogen) atoms. The number of hydrogen-bond acceptors (Lipinski definition) is 3. The molecule has 1 N–H and O–H groups in total. The number of aryl methyl sites for hydroxylation is 2. The van der Waals surface area contributed by atoms with E-state index in [1.54, 1.807) is 0 Å². The first-order valence-electron chi connectivity index (χ1n) is 5.75. The molecule has 2 rings (SSSR count). The van der Waals surface area contributed by atoms with Crippen molar-refractivity contribution in [3.63, 3.8) is 0 Å². The summed E-state index contributed by atoms with van der Waals surface area (Å²) in [5.41, 5.74) is 3.85. The standard InChI is InChI=1S/C13H19NO2/c1-10-3-4-12(7-11(10)2)14-5-6-16-13(8-14)9-15/h3-4,7,13,15H,5-6,8-9H2,1-2H3. The Balaban J connectivity index is 2.13. The molecule has 1 aromatic carbocycles. The molecule has 0 aromatic heterocycles. The van der Waals surface area contributed by atoms with Gasteiger partial charge in [0.15, 0.2) is 0 Å². The molecule has 0 amide bonds. The van der Waals surface area contributed by atoms with Gasteiger partial charge in [0.2, 0.25) is 0 Å². The van der Waals surface area contributed by atoms with Gasteiger partial charge in [0.05, 0.1) is 19.3 Å². The van der Waals surface area contributed by atoms with Crippen LogP contribution in [-0.2, 0) is 4.74 Å². The third-order valence-corrected chi connectivity index (χ3v) is 3.20. The second-order valence-electron chi connectivity index (χ2n) is 4.39. The SMILES string of the molecule is Cc1ccc(N2CCOC(CO)C2)cc1C. The number of benzene rings is 1. The van der Waals surface area contributed by atoms with Crippen LogP contribution in [0.25, 0.3) is 0 Å². The predicted octanol–water partition coefficient (Wildman–Crippen LogP) is 1.50. The lowest BCUT2D eigenvalue weighted by Gasteiger charge is -2.34. The van der Waals surface area contributed by atoms with Gasteiger partial charge < -0.3 is 14.7 Å². The van der Waals surface area contributed by atoms with Gasteiger partial charge in [0, 0.05) is 18.8 Å². The van der Waals surface area contributed by atoms with Crippen molar-refractivity contribution in [1.29, 1.82) is 0 Å². The first kappa shape index (κ1) is 11.4. The fourth-order valence-electron chi connectivity index (χ4n) is 1.99. The lowest BCUT2D eigenvalue weighted by atomic mass is 10.1. The molecule has 1 unspecified atom stereocenters. The number of aliphatic hydroxyl groups is 1. The Bertz CT molecular complexity index is 365. The summed E-state index contributed by atoms with van der Waals surface area (Å²) in [6.45, 7) is 6.72. The Hall–Kier alpha value is -1.06. The number of rotatable bonds is 2. The molecule has 1 aliphatic heterocycles. The molecule has 0 bridgehead atoms. The molecular formula is C13H19NO2. The minimum absolute atomic E-state index is 0.0460. The zero-order valence-corrected chi connectivity index (χ0v) is 9.94. The monoisotopic (exact) mass is 221 g/mol. The van der Waals surface area contributed by atoms with Crippen molar-refractivity contribution in [2.24, 2.45) is 0 Å². The van der Waals surface area contributed by atoms with Crippen molar-refractivity contribution in [3.05, 3.63) is 29.3 Å². The van der Waals surface area contributed by atoms with E-state index in [0.29, 0.717) is 6.61 Å². The summed E-state index contributed by atoms with van der Waals surface area (Å²) in [6, 6.07) is 6.49. The van der Waals surface area contributed by atoms with Gasteiger partial charge in [-0.05, 0) is 37.1 Å². The lowest BCUT2D eigenvalue weighted by molar-refractivity contribution is 0.00356. The average molecular weight is 221 g/mol. The van der Waals surface area contributed by atoms with Crippen LogP contribution < -0.4 is 4.90 Å². The molecule has 1 fully saturated rings. The van der Waals surface area contributed by atoms with Crippen LogP contribution in [0.4, 0.5) is 5.69 Å². The molecule has 1 atom stereocenters. The molecule has 0 spiro atoms. The molecule has 1 aromatic rings. The third kappa shape index (κ3) is 2.36. The Kier molecular flexibility index (Phi) is 3.46. The quantitative estimate of drug-likeness (QED) is 0.821. The number of morpholine rings is 1. The van der Waals surface area contributed by atoms with Crippen LogP contribution in [0.5, 0.6) is 0 Å². The molecule has 1 saturated heterocycles. The summed E-state index contributed by atoms with van der Waals surface area (Å²) in [6.07, 6.45) is -0.0460. The van der Waals surface area contributed by atoms with Crippen molar-refractivity contribution < 1.29 is 9.84 Å². The summed E-state index contributed by atoms with van der Waals surface area (Å²) in [7, 11) is 0. The van der Waals surface area contributed by atoms with Gasteiger partial charge in [0.25, 0.3) is 0 Å². The molecule has 0 saturated carbocycles. The van der Waals surface area contributed by atoms with Gasteiger partial charge in [0.1, 0.15) is 0 Å². The highest BCUT2D eigenvalue weighted by molar-refractivity contribution is 5.51. The molecule has 0 aliphatic carbocycles. The first-order valence-corrected chi connectivity index (χ1v) is 5.75. The van der Waals surface area contributed by atoms with Crippen molar-refractivity contribution in [2.75, 3.05) is 31.2 Å². The van der Waals surface area contributed by atoms with E-state index < -0.39 is 0 Å². The van der Waals surface area contributed by atoms with Crippen LogP contribution >= 0.6 is 0 Å². The minimum atomic E-state index is -0.0460. The predicted molar refractivity (Wildman–Crippen MR) is 65.0 cm³/mol. The number of anilines is 1. The van der Waals surface area contributed by atoms with Gasteiger partial charge in [-0.3, -0.25) is 0 Å². The maximum Gasteiger partial charge on any atom is 0.0980 e. The maximum absolute atomic E-state index is 9.10. The van der Waals surface area contributed by atoms with Gasteiger partial charge in [-0.1, -0.05) is 6.07 Å². The van der Waals surface area contributed by atoms with Gasteiger partial charge in [-0.15, -0.1) is 0 Å². The fraction of sp³-hybridized carbons (Fsp3) is 0.538. The van der Waals surface area contributed by atoms with E-state index in [4.69, 9.17) is 9.84 Å². The van der Waals surface area contributed by atoms with E-state index in [-0.39, 0.29) is 12.7 Å². The molecule has 0 radical (unpaired) electrons. The normalized spacial score (nSPS) is 21.2. The first-order chi connectivity index (χ1) is 7.70. The molecule has 1 aliphatic rings. The zero-order chi connectivity index (χ0) is 11.5. The van der Waals surface area contributed by atoms with Crippen molar-refractivity contribution >= 4 is 5.69 Å². The third-order valence-electron chi connectivity index (χ3n) is 3.20. The molecular weight excluding hydrogens is 202 g/mol. The van der Waals surface area contributed by atoms with Gasteiger partial charge in [-0.25, -0.2) is 0 Å².